The van der Waals surface area contributed by atoms with Crippen molar-refractivity contribution >= 4 is 17.7 Å². The van der Waals surface area contributed by atoms with E-state index in [1.807, 2.05) is 30.3 Å². The van der Waals surface area contributed by atoms with Crippen LogP contribution in [-0.4, -0.2) is 38.3 Å². The number of carbonyl (C=O) groups is 2. The highest BCUT2D eigenvalue weighted by Crippen LogP contribution is 2.05. The van der Waals surface area contributed by atoms with Crippen molar-refractivity contribution < 1.29 is 14.3 Å². The highest BCUT2D eigenvalue weighted by atomic mass is 16.5. The number of amides is 2. The van der Waals surface area contributed by atoms with Crippen molar-refractivity contribution in [3.05, 3.63) is 66.7 Å². The van der Waals surface area contributed by atoms with E-state index in [0.717, 1.165) is 5.56 Å². The normalized spacial score (nSPS) is 10.2. The minimum absolute atomic E-state index is 0.136. The van der Waals surface area contributed by atoms with Crippen molar-refractivity contribution in [1.29, 1.82) is 0 Å². The second-order valence-electron chi connectivity index (χ2n) is 5.19. The molecule has 0 spiro atoms. The number of aromatic nitrogens is 4. The molecule has 0 atom stereocenters. The number of rotatable bonds is 6. The number of nitrogens with one attached hydrogen (secondary N) is 2. The first-order chi connectivity index (χ1) is 12.7. The van der Waals surface area contributed by atoms with Gasteiger partial charge in [-0.25, -0.2) is 19.4 Å². The molecule has 0 aliphatic carbocycles. The largest absolute Gasteiger partial charge is 0.445 e. The fourth-order valence-electron chi connectivity index (χ4n) is 2.02. The zero-order valence-electron chi connectivity index (χ0n) is 13.7. The smallest absolute Gasteiger partial charge is 0.407 e. The summed E-state index contributed by atoms with van der Waals surface area (Å²) in [6.45, 7) is -0.0917. The Labute approximate surface area is 149 Å². The maximum Gasteiger partial charge on any atom is 0.407 e. The Balaban J connectivity index is 1.41. The van der Waals surface area contributed by atoms with Gasteiger partial charge in [-0.3, -0.25) is 4.79 Å². The second-order valence-corrected chi connectivity index (χ2v) is 5.19. The Morgan fingerprint density at radius 2 is 1.85 bits per heavy atom. The summed E-state index contributed by atoms with van der Waals surface area (Å²) in [6, 6.07) is 11.0. The molecule has 9 nitrogen and oxygen atoms in total. The highest BCUT2D eigenvalue weighted by molar-refractivity contribution is 5.93. The zero-order valence-corrected chi connectivity index (χ0v) is 13.7. The van der Waals surface area contributed by atoms with Crippen LogP contribution in [-0.2, 0) is 16.1 Å². The molecule has 0 saturated carbocycles. The Hall–Kier alpha value is -3.75. The van der Waals surface area contributed by atoms with Crippen LogP contribution in [0.2, 0.25) is 0 Å². The number of alkyl carbamates (subject to hydrolysis) is 1. The molecule has 2 N–H and O–H groups in total. The summed E-state index contributed by atoms with van der Waals surface area (Å²) in [5.74, 6) is -0.0345. The van der Waals surface area contributed by atoms with Crippen LogP contribution >= 0.6 is 0 Å². The van der Waals surface area contributed by atoms with Crippen molar-refractivity contribution in [1.82, 2.24) is 25.1 Å². The first-order valence-electron chi connectivity index (χ1n) is 7.77. The average molecular weight is 352 g/mol. The summed E-state index contributed by atoms with van der Waals surface area (Å²) >= 11 is 0. The minimum Gasteiger partial charge on any atom is -0.445 e. The zero-order chi connectivity index (χ0) is 18.2. The molecule has 0 fully saturated rings. The Bertz CT molecular complexity index is 850. The van der Waals surface area contributed by atoms with Crippen molar-refractivity contribution in [3.63, 3.8) is 0 Å². The predicted octanol–water partition coefficient (Wildman–Crippen LogP) is 1.53. The summed E-state index contributed by atoms with van der Waals surface area (Å²) in [5, 5.41) is 8.97. The summed E-state index contributed by atoms with van der Waals surface area (Å²) in [4.78, 5) is 31.6. The summed E-state index contributed by atoms with van der Waals surface area (Å²) in [7, 11) is 0. The molecule has 0 bridgehead atoms. The number of hydrogen-bond acceptors (Lipinski definition) is 6. The molecule has 3 rings (SSSR count). The second kappa shape index (κ2) is 8.38. The molecule has 0 radical (unpaired) electrons. The number of ether oxygens (including phenoxy) is 1. The lowest BCUT2D eigenvalue weighted by Gasteiger charge is -2.08. The van der Waals surface area contributed by atoms with Gasteiger partial charge in [0.05, 0.1) is 18.1 Å². The maximum absolute atomic E-state index is 11.9. The van der Waals surface area contributed by atoms with Crippen LogP contribution in [0.4, 0.5) is 10.5 Å². The van der Waals surface area contributed by atoms with E-state index in [0.29, 0.717) is 11.6 Å². The third-order valence-corrected chi connectivity index (χ3v) is 3.24. The Morgan fingerprint density at radius 3 is 2.54 bits per heavy atom. The molecule has 0 aliphatic heterocycles. The van der Waals surface area contributed by atoms with Crippen LogP contribution in [0, 0.1) is 0 Å². The molecule has 0 saturated heterocycles. The molecule has 0 aliphatic rings. The van der Waals surface area contributed by atoms with Crippen LogP contribution in [0.1, 0.15) is 5.56 Å². The van der Waals surface area contributed by atoms with Gasteiger partial charge in [-0.1, -0.05) is 30.3 Å². The molecule has 2 heterocycles. The van der Waals surface area contributed by atoms with E-state index >= 15 is 0 Å². The van der Waals surface area contributed by atoms with Crippen molar-refractivity contribution in [2.45, 2.75) is 6.61 Å². The molecule has 1 aromatic carbocycles. The van der Waals surface area contributed by atoms with Gasteiger partial charge in [-0.05, 0) is 11.6 Å². The molecular formula is C17H16N6O3. The summed E-state index contributed by atoms with van der Waals surface area (Å²) in [6.07, 6.45) is 5.56. The van der Waals surface area contributed by atoms with Gasteiger partial charge in [-0.15, -0.1) is 0 Å². The first kappa shape index (κ1) is 17.1. The van der Waals surface area contributed by atoms with Crippen molar-refractivity contribution in [2.75, 3.05) is 11.9 Å². The number of nitrogens with zero attached hydrogens (tertiary/aromatic N) is 4. The number of carbonyl (C=O) groups excluding carboxylic acids is 2. The van der Waals surface area contributed by atoms with E-state index in [1.54, 1.807) is 18.5 Å². The highest BCUT2D eigenvalue weighted by Gasteiger charge is 2.08. The van der Waals surface area contributed by atoms with E-state index in [2.05, 4.69) is 25.7 Å². The van der Waals surface area contributed by atoms with E-state index in [4.69, 9.17) is 4.74 Å². The topological polar surface area (TPSA) is 111 Å². The van der Waals surface area contributed by atoms with Crippen molar-refractivity contribution in [2.24, 2.45) is 0 Å². The monoisotopic (exact) mass is 352 g/mol. The van der Waals surface area contributed by atoms with E-state index in [9.17, 15) is 9.59 Å². The van der Waals surface area contributed by atoms with Gasteiger partial charge in [0.15, 0.2) is 0 Å². The fourth-order valence-corrected chi connectivity index (χ4v) is 2.02. The average Bonchev–Trinajstić information content (AvgIpc) is 3.21. The fraction of sp³-hybridized carbons (Fsp3) is 0.118. The van der Waals surface area contributed by atoms with Gasteiger partial charge in [0.1, 0.15) is 13.2 Å². The predicted molar refractivity (Wildman–Crippen MR) is 92.4 cm³/mol. The van der Waals surface area contributed by atoms with Crippen molar-refractivity contribution in [3.8, 4) is 5.95 Å². The lowest BCUT2D eigenvalue weighted by molar-refractivity contribution is -0.115. The van der Waals surface area contributed by atoms with Gasteiger partial charge >= 0.3 is 6.09 Å². The van der Waals surface area contributed by atoms with E-state index in [-0.39, 0.29) is 13.2 Å². The van der Waals surface area contributed by atoms with Crippen LogP contribution in [0.25, 0.3) is 5.95 Å². The number of benzene rings is 1. The molecule has 132 valence electrons. The van der Waals surface area contributed by atoms with Gasteiger partial charge in [-0.2, -0.15) is 5.10 Å². The molecule has 2 aromatic heterocycles. The van der Waals surface area contributed by atoms with Crippen LogP contribution in [0.3, 0.4) is 0 Å². The van der Waals surface area contributed by atoms with E-state index < -0.39 is 12.0 Å². The molecular weight excluding hydrogens is 336 g/mol. The third kappa shape index (κ3) is 4.87. The maximum atomic E-state index is 11.9. The van der Waals surface area contributed by atoms with Crippen LogP contribution in [0.15, 0.2) is 61.2 Å². The standard InChI is InChI=1S/C17H16N6O3/c24-15(11-20-17(25)26-12-13-5-2-1-3-6-13)22-14-9-18-16(19-10-14)23-8-4-7-21-23/h1-10H,11-12H2,(H,20,25)(H,22,24). The molecule has 2 amide bonds. The van der Waals surface area contributed by atoms with Crippen LogP contribution < -0.4 is 10.6 Å². The Kier molecular flexibility index (Phi) is 5.51. The SMILES string of the molecule is O=C(CNC(=O)OCc1ccccc1)Nc1cnc(-n2cccn2)nc1. The molecule has 26 heavy (non-hydrogen) atoms. The number of hydrogen-bond donors (Lipinski definition) is 2. The molecule has 0 unspecified atom stereocenters. The molecule has 9 heteroatoms. The molecule has 3 aromatic rings. The lowest BCUT2D eigenvalue weighted by Crippen LogP contribution is -2.33. The third-order valence-electron chi connectivity index (χ3n) is 3.24. The first-order valence-corrected chi connectivity index (χ1v) is 7.77. The summed E-state index contributed by atoms with van der Waals surface area (Å²) in [5.41, 5.74) is 1.27. The van der Waals surface area contributed by atoms with Gasteiger partial charge in [0.2, 0.25) is 5.91 Å². The van der Waals surface area contributed by atoms with E-state index in [1.165, 1.54) is 17.1 Å². The van der Waals surface area contributed by atoms with Gasteiger partial charge in [0.25, 0.3) is 5.95 Å². The number of anilines is 1. The van der Waals surface area contributed by atoms with Gasteiger partial charge in [0, 0.05) is 12.4 Å². The van der Waals surface area contributed by atoms with Gasteiger partial charge < -0.3 is 15.4 Å². The quantitative estimate of drug-likeness (QED) is 0.696. The van der Waals surface area contributed by atoms with Crippen LogP contribution in [0.5, 0.6) is 0 Å². The Morgan fingerprint density at radius 1 is 1.08 bits per heavy atom. The lowest BCUT2D eigenvalue weighted by atomic mass is 10.2. The minimum atomic E-state index is -0.672. The summed E-state index contributed by atoms with van der Waals surface area (Å²) < 4.78 is 6.52.